The van der Waals surface area contributed by atoms with Gasteiger partial charge in [-0.05, 0) is 67.6 Å². The zero-order valence-electron chi connectivity index (χ0n) is 20.8. The highest BCUT2D eigenvalue weighted by atomic mass is 16.5. The first-order chi connectivity index (χ1) is 17.3. The Morgan fingerprint density at radius 3 is 2.50 bits per heavy atom. The summed E-state index contributed by atoms with van der Waals surface area (Å²) in [6.07, 6.45) is 1.63. The number of methoxy groups -OCH3 is 1. The number of nitrogen functional groups attached to an aromatic ring is 1. The number of hydrogen-bond acceptors (Lipinski definition) is 5. The highest BCUT2D eigenvalue weighted by molar-refractivity contribution is 6.22. The third kappa shape index (κ3) is 4.96. The summed E-state index contributed by atoms with van der Waals surface area (Å²) in [5, 5.41) is 2.77. The van der Waals surface area contributed by atoms with E-state index in [9.17, 15) is 14.4 Å². The van der Waals surface area contributed by atoms with Gasteiger partial charge in [-0.1, -0.05) is 42.5 Å². The van der Waals surface area contributed by atoms with Crippen molar-refractivity contribution in [3.8, 4) is 16.9 Å². The zero-order valence-corrected chi connectivity index (χ0v) is 20.8. The first-order valence-electron chi connectivity index (χ1n) is 12.1. The zero-order chi connectivity index (χ0) is 25.8. The molecule has 36 heavy (non-hydrogen) atoms. The molecule has 2 atom stereocenters. The minimum Gasteiger partial charge on any atom is -0.497 e. The quantitative estimate of drug-likeness (QED) is 0.482. The summed E-state index contributed by atoms with van der Waals surface area (Å²) in [5.41, 5.74) is 10.6. The maximum atomic E-state index is 13.6. The van der Waals surface area contributed by atoms with Gasteiger partial charge in [0.1, 0.15) is 11.8 Å². The molecule has 1 aliphatic heterocycles. The monoisotopic (exact) mass is 485 g/mol. The number of aryl methyl sites for hydroxylation is 1. The van der Waals surface area contributed by atoms with E-state index in [2.05, 4.69) is 5.32 Å². The van der Waals surface area contributed by atoms with E-state index in [1.807, 2.05) is 48.5 Å². The minimum atomic E-state index is -0.884. The summed E-state index contributed by atoms with van der Waals surface area (Å²) >= 11 is 0. The standard InChI is InChI=1S/C29H31N3O4/c1-18-22-9-4-5-10-23(22)27-24(30)11-7-12-25(27)32(28(18)34)29(35)19(2)31-26(33)13-6-8-20-14-16-21(36-3)17-15-20/h4-5,7,9-12,14-19H,6,8,13,30H2,1-3H3,(H,31,33)/t18?,19-/m0/s1. The van der Waals surface area contributed by atoms with Crippen LogP contribution in [0.4, 0.5) is 11.4 Å². The first-order valence-corrected chi connectivity index (χ1v) is 12.1. The molecule has 186 valence electrons. The molecule has 3 N–H and O–H groups in total. The Morgan fingerprint density at radius 1 is 1.06 bits per heavy atom. The molecule has 7 nitrogen and oxygen atoms in total. The summed E-state index contributed by atoms with van der Waals surface area (Å²) in [4.78, 5) is 40.9. The molecule has 1 aliphatic rings. The van der Waals surface area contributed by atoms with Crippen LogP contribution >= 0.6 is 0 Å². The lowest BCUT2D eigenvalue weighted by atomic mass is 9.92. The van der Waals surface area contributed by atoms with Crippen molar-refractivity contribution in [1.82, 2.24) is 5.32 Å². The van der Waals surface area contributed by atoms with E-state index in [0.717, 1.165) is 28.9 Å². The van der Waals surface area contributed by atoms with Gasteiger partial charge in [0.2, 0.25) is 11.8 Å². The number of benzene rings is 3. The van der Waals surface area contributed by atoms with Gasteiger partial charge in [0.25, 0.3) is 5.91 Å². The summed E-state index contributed by atoms with van der Waals surface area (Å²) in [6.45, 7) is 3.39. The molecular formula is C29H31N3O4. The fourth-order valence-electron chi connectivity index (χ4n) is 4.63. The van der Waals surface area contributed by atoms with Crippen LogP contribution in [0.5, 0.6) is 5.75 Å². The van der Waals surface area contributed by atoms with E-state index in [-0.39, 0.29) is 18.2 Å². The van der Waals surface area contributed by atoms with Crippen LogP contribution in [-0.4, -0.2) is 30.9 Å². The molecule has 0 saturated carbocycles. The van der Waals surface area contributed by atoms with Crippen molar-refractivity contribution in [2.45, 2.75) is 45.1 Å². The highest BCUT2D eigenvalue weighted by Crippen LogP contribution is 2.44. The van der Waals surface area contributed by atoms with E-state index in [4.69, 9.17) is 10.5 Å². The van der Waals surface area contributed by atoms with Crippen LogP contribution in [0.15, 0.2) is 66.7 Å². The van der Waals surface area contributed by atoms with E-state index < -0.39 is 17.9 Å². The number of amides is 3. The molecule has 0 bridgehead atoms. The van der Waals surface area contributed by atoms with Gasteiger partial charge in [0.05, 0.1) is 18.7 Å². The van der Waals surface area contributed by atoms with E-state index in [1.165, 1.54) is 4.90 Å². The van der Waals surface area contributed by atoms with Crippen molar-refractivity contribution < 1.29 is 19.1 Å². The van der Waals surface area contributed by atoms with Crippen molar-refractivity contribution in [1.29, 1.82) is 0 Å². The van der Waals surface area contributed by atoms with Crippen LogP contribution in [0.2, 0.25) is 0 Å². The van der Waals surface area contributed by atoms with E-state index >= 15 is 0 Å². The summed E-state index contributed by atoms with van der Waals surface area (Å²) < 4.78 is 5.17. The Kier molecular flexibility index (Phi) is 7.38. The molecule has 0 fully saturated rings. The average molecular weight is 486 g/mol. The maximum Gasteiger partial charge on any atom is 0.256 e. The fraction of sp³-hybridized carbons (Fsp3) is 0.276. The molecule has 0 aliphatic carbocycles. The summed E-state index contributed by atoms with van der Waals surface area (Å²) in [7, 11) is 1.62. The lowest BCUT2D eigenvalue weighted by Gasteiger charge is -2.26. The number of carbonyl (C=O) groups is 3. The molecule has 3 amide bonds. The Labute approximate surface area is 211 Å². The lowest BCUT2D eigenvalue weighted by molar-refractivity contribution is -0.131. The number of nitrogens with two attached hydrogens (primary N) is 1. The van der Waals surface area contributed by atoms with Gasteiger partial charge in [0.15, 0.2) is 0 Å². The molecule has 4 rings (SSSR count). The molecule has 0 saturated heterocycles. The van der Waals surface area contributed by atoms with Crippen LogP contribution in [0.3, 0.4) is 0 Å². The van der Waals surface area contributed by atoms with Crippen LogP contribution in [0, 0.1) is 0 Å². The van der Waals surface area contributed by atoms with Crippen LogP contribution in [0.1, 0.15) is 43.7 Å². The predicted molar refractivity (Wildman–Crippen MR) is 141 cm³/mol. The van der Waals surface area contributed by atoms with Crippen molar-refractivity contribution in [2.24, 2.45) is 0 Å². The minimum absolute atomic E-state index is 0.240. The number of imide groups is 1. The number of ether oxygens (including phenoxy) is 1. The van der Waals surface area contributed by atoms with Crippen molar-refractivity contribution in [2.75, 3.05) is 17.7 Å². The normalized spacial score (nSPS) is 15.4. The van der Waals surface area contributed by atoms with Crippen LogP contribution < -0.4 is 20.7 Å². The molecule has 0 spiro atoms. The average Bonchev–Trinajstić information content (AvgIpc) is 2.97. The van der Waals surface area contributed by atoms with Gasteiger partial charge in [-0.2, -0.15) is 0 Å². The Balaban J connectivity index is 1.48. The molecule has 3 aromatic carbocycles. The molecule has 7 heteroatoms. The second-order valence-corrected chi connectivity index (χ2v) is 9.05. The van der Waals surface area contributed by atoms with E-state index in [0.29, 0.717) is 23.4 Å². The van der Waals surface area contributed by atoms with Crippen molar-refractivity contribution in [3.05, 3.63) is 77.9 Å². The van der Waals surface area contributed by atoms with Gasteiger partial charge in [0, 0.05) is 17.7 Å². The van der Waals surface area contributed by atoms with Gasteiger partial charge in [-0.25, -0.2) is 4.90 Å². The molecule has 0 radical (unpaired) electrons. The van der Waals surface area contributed by atoms with E-state index in [1.54, 1.807) is 39.2 Å². The SMILES string of the molecule is COc1ccc(CCCC(=O)N[C@@H](C)C(=O)N2C(=O)C(C)c3ccccc3-c3c(N)cccc32)cc1. The Bertz CT molecular complexity index is 1290. The lowest BCUT2D eigenvalue weighted by Crippen LogP contribution is -2.50. The third-order valence-electron chi connectivity index (χ3n) is 6.60. The van der Waals surface area contributed by atoms with Crippen molar-refractivity contribution in [3.63, 3.8) is 0 Å². The Morgan fingerprint density at radius 2 is 1.78 bits per heavy atom. The second-order valence-electron chi connectivity index (χ2n) is 9.05. The van der Waals surface area contributed by atoms with Gasteiger partial charge >= 0.3 is 0 Å². The predicted octanol–water partition coefficient (Wildman–Crippen LogP) is 4.45. The second kappa shape index (κ2) is 10.6. The third-order valence-corrected chi connectivity index (χ3v) is 6.60. The molecular weight excluding hydrogens is 454 g/mol. The molecule has 3 aromatic rings. The summed E-state index contributed by atoms with van der Waals surface area (Å²) in [6, 6.07) is 19.6. The number of hydrogen-bond donors (Lipinski definition) is 2. The molecule has 0 aromatic heterocycles. The summed E-state index contributed by atoms with van der Waals surface area (Å²) in [5.74, 6) is -0.847. The van der Waals surface area contributed by atoms with Gasteiger partial charge < -0.3 is 15.8 Å². The number of rotatable bonds is 7. The molecule has 1 heterocycles. The Hall–Kier alpha value is -4.13. The highest BCUT2D eigenvalue weighted by Gasteiger charge is 2.37. The number of carbonyl (C=O) groups excluding carboxylic acids is 3. The van der Waals surface area contributed by atoms with Gasteiger partial charge in [-0.3, -0.25) is 14.4 Å². The van der Waals surface area contributed by atoms with Gasteiger partial charge in [-0.15, -0.1) is 0 Å². The number of fused-ring (bicyclic) bond motifs is 3. The molecule has 1 unspecified atom stereocenters. The number of nitrogens with one attached hydrogen (secondary N) is 1. The number of anilines is 2. The van der Waals surface area contributed by atoms with Crippen LogP contribution in [-0.2, 0) is 20.8 Å². The van der Waals surface area contributed by atoms with Crippen molar-refractivity contribution >= 4 is 29.1 Å². The van der Waals surface area contributed by atoms with Crippen LogP contribution in [0.25, 0.3) is 11.1 Å². The fourth-order valence-corrected chi connectivity index (χ4v) is 4.63. The topological polar surface area (TPSA) is 102 Å². The maximum absolute atomic E-state index is 13.6. The smallest absolute Gasteiger partial charge is 0.256 e. The number of nitrogens with zero attached hydrogens (tertiary/aromatic N) is 1. The first kappa shape index (κ1) is 25.0. The largest absolute Gasteiger partial charge is 0.497 e.